The van der Waals surface area contributed by atoms with Gasteiger partial charge < -0.3 is 14.8 Å². The number of carbonyl (C=O) groups is 1. The molecular weight excluding hydrogens is 348 g/mol. The minimum atomic E-state index is -0.0535. The van der Waals surface area contributed by atoms with Crippen molar-refractivity contribution in [3.8, 4) is 11.5 Å². The number of pyridine rings is 1. The molecule has 0 fully saturated rings. The molecule has 2 aromatic rings. The maximum Gasteiger partial charge on any atom is 0.230 e. The Balaban J connectivity index is 1.77. The zero-order chi connectivity index (χ0) is 17.4. The van der Waals surface area contributed by atoms with Gasteiger partial charge in [-0.1, -0.05) is 29.4 Å². The lowest BCUT2D eigenvalue weighted by Gasteiger charge is -2.10. The number of ether oxygens (including phenoxy) is 2. The fraction of sp³-hybridized carbons (Fsp3) is 0.294. The number of aromatic nitrogens is 1. The number of hydrogen-bond donors (Lipinski definition) is 1. The maximum atomic E-state index is 11.9. The Hall–Kier alpha value is -1.92. The molecule has 0 aliphatic carbocycles. The highest BCUT2D eigenvalue weighted by Crippen LogP contribution is 2.27. The average molecular weight is 367 g/mol. The van der Waals surface area contributed by atoms with Crippen molar-refractivity contribution in [1.29, 1.82) is 0 Å². The second-order valence-corrected chi connectivity index (χ2v) is 6.24. The van der Waals surface area contributed by atoms with E-state index in [1.54, 1.807) is 32.5 Å². The summed E-state index contributed by atoms with van der Waals surface area (Å²) in [4.78, 5) is 16.0. The molecule has 5 nitrogen and oxygen atoms in total. The normalized spacial score (nSPS) is 10.3. The van der Waals surface area contributed by atoms with E-state index >= 15 is 0 Å². The van der Waals surface area contributed by atoms with Crippen LogP contribution in [0.1, 0.15) is 5.56 Å². The van der Waals surface area contributed by atoms with Crippen LogP contribution in [0, 0.1) is 0 Å². The van der Waals surface area contributed by atoms with E-state index in [4.69, 9.17) is 21.1 Å². The van der Waals surface area contributed by atoms with Crippen LogP contribution in [-0.4, -0.2) is 37.4 Å². The molecule has 0 aliphatic rings. The third kappa shape index (κ3) is 5.32. The van der Waals surface area contributed by atoms with Crippen molar-refractivity contribution in [2.75, 3.05) is 26.5 Å². The Morgan fingerprint density at radius 1 is 1.25 bits per heavy atom. The highest BCUT2D eigenvalue weighted by Gasteiger charge is 2.07. The first kappa shape index (κ1) is 18.4. The summed E-state index contributed by atoms with van der Waals surface area (Å²) in [5.74, 6) is 1.60. The molecule has 0 unspecified atom stereocenters. The summed E-state index contributed by atoms with van der Waals surface area (Å²) in [6.07, 6.45) is 2.37. The van der Waals surface area contributed by atoms with Gasteiger partial charge in [0.25, 0.3) is 0 Å². The number of benzene rings is 1. The van der Waals surface area contributed by atoms with Crippen LogP contribution in [0.2, 0.25) is 5.02 Å². The van der Waals surface area contributed by atoms with Crippen molar-refractivity contribution < 1.29 is 14.3 Å². The summed E-state index contributed by atoms with van der Waals surface area (Å²) < 4.78 is 10.5. The third-order valence-corrected chi connectivity index (χ3v) is 4.67. The Labute approximate surface area is 150 Å². The van der Waals surface area contributed by atoms with Crippen LogP contribution in [0.3, 0.4) is 0 Å². The molecule has 1 aromatic carbocycles. The van der Waals surface area contributed by atoms with Crippen LogP contribution in [0.25, 0.3) is 0 Å². The minimum Gasteiger partial charge on any atom is -0.493 e. The molecule has 0 saturated heterocycles. The van der Waals surface area contributed by atoms with Gasteiger partial charge in [-0.15, -0.1) is 0 Å². The molecular formula is C17H19ClN2O3S. The number of amides is 1. The van der Waals surface area contributed by atoms with Gasteiger partial charge in [0.1, 0.15) is 5.03 Å². The van der Waals surface area contributed by atoms with Gasteiger partial charge in [-0.3, -0.25) is 4.79 Å². The van der Waals surface area contributed by atoms with Gasteiger partial charge in [0, 0.05) is 12.7 Å². The molecule has 0 radical (unpaired) electrons. The molecule has 0 bridgehead atoms. The van der Waals surface area contributed by atoms with Crippen molar-refractivity contribution in [3.05, 3.63) is 47.1 Å². The van der Waals surface area contributed by atoms with E-state index in [9.17, 15) is 4.79 Å². The average Bonchev–Trinajstić information content (AvgIpc) is 2.61. The molecule has 0 atom stereocenters. The van der Waals surface area contributed by atoms with Crippen LogP contribution in [0.5, 0.6) is 11.5 Å². The number of nitrogens with zero attached hydrogens (tertiary/aromatic N) is 1. The monoisotopic (exact) mass is 366 g/mol. The number of thioether (sulfide) groups is 1. The third-order valence-electron chi connectivity index (χ3n) is 3.25. The van der Waals surface area contributed by atoms with Crippen LogP contribution < -0.4 is 14.8 Å². The molecule has 0 saturated carbocycles. The van der Waals surface area contributed by atoms with Crippen molar-refractivity contribution in [3.63, 3.8) is 0 Å². The zero-order valence-corrected chi connectivity index (χ0v) is 15.1. The molecule has 1 amide bonds. The first-order valence-electron chi connectivity index (χ1n) is 7.35. The molecule has 7 heteroatoms. The second-order valence-electron chi connectivity index (χ2n) is 4.87. The highest BCUT2D eigenvalue weighted by atomic mass is 35.5. The van der Waals surface area contributed by atoms with Gasteiger partial charge in [0.2, 0.25) is 5.91 Å². The van der Waals surface area contributed by atoms with E-state index in [0.717, 1.165) is 5.56 Å². The lowest BCUT2D eigenvalue weighted by molar-refractivity contribution is -0.118. The number of hydrogen-bond acceptors (Lipinski definition) is 5. The van der Waals surface area contributed by atoms with Crippen molar-refractivity contribution >= 4 is 29.3 Å². The summed E-state index contributed by atoms with van der Waals surface area (Å²) in [5.41, 5.74) is 1.06. The Morgan fingerprint density at radius 2 is 2.04 bits per heavy atom. The van der Waals surface area contributed by atoms with Crippen molar-refractivity contribution in [1.82, 2.24) is 10.3 Å². The zero-order valence-electron chi connectivity index (χ0n) is 13.5. The van der Waals surface area contributed by atoms with Gasteiger partial charge in [0.05, 0.1) is 25.0 Å². The number of carbonyl (C=O) groups excluding carboxylic acids is 1. The molecule has 0 spiro atoms. The number of nitrogens with one attached hydrogen (secondary N) is 1. The predicted molar refractivity (Wildman–Crippen MR) is 96.2 cm³/mol. The van der Waals surface area contributed by atoms with Crippen LogP contribution in [0.4, 0.5) is 0 Å². The van der Waals surface area contributed by atoms with Gasteiger partial charge in [0.15, 0.2) is 11.5 Å². The standard InChI is InChI=1S/C17H19ClN2O3S/c1-22-14-6-5-12(10-15(14)23-2)7-9-19-16(21)11-24-17-13(18)4-3-8-20-17/h3-6,8,10H,7,9,11H2,1-2H3,(H,19,21). The van der Waals surface area contributed by atoms with E-state index < -0.39 is 0 Å². The Kier molecular flexibility index (Phi) is 7.21. The Morgan fingerprint density at radius 3 is 2.75 bits per heavy atom. The fourth-order valence-electron chi connectivity index (χ4n) is 2.04. The summed E-state index contributed by atoms with van der Waals surface area (Å²) in [5, 5.41) is 4.10. The first-order valence-corrected chi connectivity index (χ1v) is 8.71. The predicted octanol–water partition coefficient (Wildman–Crippen LogP) is 3.20. The van der Waals surface area contributed by atoms with Crippen LogP contribution >= 0.6 is 23.4 Å². The SMILES string of the molecule is COc1ccc(CCNC(=O)CSc2ncccc2Cl)cc1OC. The molecule has 1 heterocycles. The summed E-state index contributed by atoms with van der Waals surface area (Å²) in [7, 11) is 3.20. The first-order chi connectivity index (χ1) is 11.6. The fourth-order valence-corrected chi connectivity index (χ4v) is 3.04. The minimum absolute atomic E-state index is 0.0535. The van der Waals surface area contributed by atoms with E-state index in [0.29, 0.717) is 34.5 Å². The largest absolute Gasteiger partial charge is 0.493 e. The number of methoxy groups -OCH3 is 2. The van der Waals surface area contributed by atoms with Crippen molar-refractivity contribution in [2.24, 2.45) is 0 Å². The topological polar surface area (TPSA) is 60.5 Å². The smallest absolute Gasteiger partial charge is 0.230 e. The summed E-state index contributed by atoms with van der Waals surface area (Å²) in [6, 6.07) is 9.24. The highest BCUT2D eigenvalue weighted by molar-refractivity contribution is 8.00. The molecule has 2 rings (SSSR count). The lowest BCUT2D eigenvalue weighted by Crippen LogP contribution is -2.27. The van der Waals surface area contributed by atoms with E-state index in [1.165, 1.54) is 11.8 Å². The quantitative estimate of drug-likeness (QED) is 0.727. The number of halogens is 1. The van der Waals surface area contributed by atoms with E-state index in [2.05, 4.69) is 10.3 Å². The molecule has 1 N–H and O–H groups in total. The Bertz CT molecular complexity index is 697. The number of rotatable bonds is 8. The van der Waals surface area contributed by atoms with Gasteiger partial charge in [-0.25, -0.2) is 4.98 Å². The summed E-state index contributed by atoms with van der Waals surface area (Å²) in [6.45, 7) is 0.546. The maximum absolute atomic E-state index is 11.9. The van der Waals surface area contributed by atoms with E-state index in [-0.39, 0.29) is 11.7 Å². The van der Waals surface area contributed by atoms with Gasteiger partial charge in [-0.05, 0) is 36.2 Å². The van der Waals surface area contributed by atoms with Crippen molar-refractivity contribution in [2.45, 2.75) is 11.4 Å². The van der Waals surface area contributed by atoms with Crippen LogP contribution in [-0.2, 0) is 11.2 Å². The molecule has 128 valence electrons. The molecule has 24 heavy (non-hydrogen) atoms. The summed E-state index contributed by atoms with van der Waals surface area (Å²) >= 11 is 7.33. The van der Waals surface area contributed by atoms with Gasteiger partial charge in [-0.2, -0.15) is 0 Å². The second kappa shape index (κ2) is 9.39. The van der Waals surface area contributed by atoms with E-state index in [1.807, 2.05) is 18.2 Å². The lowest BCUT2D eigenvalue weighted by atomic mass is 10.1. The molecule has 0 aliphatic heterocycles. The molecule has 1 aromatic heterocycles. The van der Waals surface area contributed by atoms with Crippen LogP contribution in [0.15, 0.2) is 41.6 Å². The van der Waals surface area contributed by atoms with Gasteiger partial charge >= 0.3 is 0 Å².